The van der Waals surface area contributed by atoms with Gasteiger partial charge in [0.15, 0.2) is 17.3 Å². The van der Waals surface area contributed by atoms with E-state index in [1.807, 2.05) is 12.1 Å². The fourth-order valence-corrected chi connectivity index (χ4v) is 5.64. The van der Waals surface area contributed by atoms with Gasteiger partial charge in [0.2, 0.25) is 0 Å². The van der Waals surface area contributed by atoms with Gasteiger partial charge in [0, 0.05) is 31.5 Å². The smallest absolute Gasteiger partial charge is 0.419 e. The number of benzene rings is 2. The quantitative estimate of drug-likeness (QED) is 0.443. The number of nitrogens with zero attached hydrogens (tertiary/aromatic N) is 1. The highest BCUT2D eigenvalue weighted by atomic mass is 19.4. The van der Waals surface area contributed by atoms with E-state index in [9.17, 15) is 22.4 Å². The number of methoxy groups -OCH3 is 2. The molecule has 3 N–H and O–H groups in total. The number of nitrogens with one attached hydrogen (secondary N) is 2. The van der Waals surface area contributed by atoms with E-state index in [-0.39, 0.29) is 17.4 Å². The molecule has 2 fully saturated rings. The number of hydrogen-bond donors (Lipinski definition) is 3. The van der Waals surface area contributed by atoms with Crippen molar-refractivity contribution in [3.05, 3.63) is 53.3 Å². The minimum atomic E-state index is -4.84. The number of alkyl halides is 3. The summed E-state index contributed by atoms with van der Waals surface area (Å²) in [5.41, 5.74) is -0.885. The molecule has 2 aromatic rings. The number of likely N-dealkylation sites (N-methyl/N-ethyl adjacent to an activating group) is 1. The van der Waals surface area contributed by atoms with Crippen LogP contribution >= 0.6 is 0 Å². The first-order chi connectivity index (χ1) is 18.3. The Hall–Kier alpha value is -3.54. The highest BCUT2D eigenvalue weighted by molar-refractivity contribution is 5.89. The van der Waals surface area contributed by atoms with Gasteiger partial charge in [-0.15, -0.1) is 0 Å². The Morgan fingerprint density at radius 2 is 1.79 bits per heavy atom. The number of amides is 2. The number of rotatable bonds is 5. The number of carbonyl (C=O) groups is 2. The SMILES string of the molecule is CC(=O)O.COc1ccc([C@@]23CC[C@@H](NC(=O)Nc4cccc(C(F)(F)F)c4F)C[C@@H]2CN(C)C3)cc1OC. The minimum absolute atomic E-state index is 0.115. The van der Waals surface area contributed by atoms with Gasteiger partial charge in [-0.3, -0.25) is 4.79 Å². The number of likely N-dealkylation sites (tertiary alicyclic amines) is 1. The Morgan fingerprint density at radius 1 is 1.13 bits per heavy atom. The molecule has 0 aromatic heterocycles. The number of ether oxygens (including phenoxy) is 2. The molecule has 4 rings (SSSR count). The number of halogens is 4. The van der Waals surface area contributed by atoms with E-state index in [4.69, 9.17) is 19.4 Å². The highest BCUT2D eigenvalue weighted by Gasteiger charge is 2.50. The first-order valence-electron chi connectivity index (χ1n) is 12.3. The third kappa shape index (κ3) is 6.92. The molecule has 214 valence electrons. The highest BCUT2D eigenvalue weighted by Crippen LogP contribution is 2.49. The summed E-state index contributed by atoms with van der Waals surface area (Å²) < 4.78 is 64.1. The molecule has 0 unspecified atom stereocenters. The summed E-state index contributed by atoms with van der Waals surface area (Å²) in [5, 5.41) is 12.5. The Morgan fingerprint density at radius 3 is 2.41 bits per heavy atom. The lowest BCUT2D eigenvalue weighted by molar-refractivity contribution is -0.140. The van der Waals surface area contributed by atoms with E-state index < -0.39 is 35.2 Å². The molecule has 1 aliphatic heterocycles. The van der Waals surface area contributed by atoms with Crippen molar-refractivity contribution in [3.63, 3.8) is 0 Å². The zero-order valence-electron chi connectivity index (χ0n) is 22.2. The van der Waals surface area contributed by atoms with Gasteiger partial charge in [0.25, 0.3) is 5.97 Å². The van der Waals surface area contributed by atoms with Gasteiger partial charge in [0.1, 0.15) is 0 Å². The van der Waals surface area contributed by atoms with E-state index in [0.29, 0.717) is 30.4 Å². The second kappa shape index (κ2) is 12.1. The second-order valence-electron chi connectivity index (χ2n) is 9.87. The van der Waals surface area contributed by atoms with Crippen LogP contribution in [-0.2, 0) is 16.4 Å². The molecule has 1 aliphatic carbocycles. The van der Waals surface area contributed by atoms with Crippen LogP contribution in [0.2, 0.25) is 0 Å². The van der Waals surface area contributed by atoms with Crippen LogP contribution in [0.1, 0.15) is 37.3 Å². The van der Waals surface area contributed by atoms with Gasteiger partial charge in [-0.1, -0.05) is 12.1 Å². The van der Waals surface area contributed by atoms with E-state index >= 15 is 0 Å². The molecule has 1 saturated heterocycles. The average molecular weight is 556 g/mol. The number of urea groups is 1. The van der Waals surface area contributed by atoms with Crippen molar-refractivity contribution in [2.75, 3.05) is 39.7 Å². The molecule has 2 amide bonds. The molecule has 39 heavy (non-hydrogen) atoms. The maximum atomic E-state index is 14.3. The molecular formula is C27H33F4N3O5. The third-order valence-electron chi connectivity index (χ3n) is 7.22. The molecule has 1 heterocycles. The van der Waals surface area contributed by atoms with Crippen LogP contribution in [0.25, 0.3) is 0 Å². The maximum Gasteiger partial charge on any atom is 0.419 e. The standard InChI is InChI=1S/C25H29F4N3O3.C2H4O2/c1-32-13-16-11-17(30-23(33)31-19-6-4-5-18(22(19)26)25(27,28)29)9-10-24(16,14-32)15-7-8-20(34-2)21(12-15)35-3;1-2(3)4/h4-8,12,16-17H,9-11,13-14H2,1-3H3,(H2,30,31,33);1H3,(H,3,4)/t16-,17-,24+;/m1./s1. The molecule has 1 saturated carbocycles. The lowest BCUT2D eigenvalue weighted by Crippen LogP contribution is -2.48. The molecule has 0 spiro atoms. The van der Waals surface area contributed by atoms with Crippen LogP contribution in [0.15, 0.2) is 36.4 Å². The zero-order valence-corrected chi connectivity index (χ0v) is 22.2. The van der Waals surface area contributed by atoms with Crippen molar-refractivity contribution in [2.45, 2.75) is 43.8 Å². The summed E-state index contributed by atoms with van der Waals surface area (Å²) in [6.07, 6.45) is -2.67. The minimum Gasteiger partial charge on any atom is -0.493 e. The summed E-state index contributed by atoms with van der Waals surface area (Å²) in [5.74, 6) is -0.765. The van der Waals surface area contributed by atoms with Gasteiger partial charge in [-0.25, -0.2) is 9.18 Å². The predicted octanol–water partition coefficient (Wildman–Crippen LogP) is 5.13. The monoisotopic (exact) mass is 555 g/mol. The topological polar surface area (TPSA) is 100 Å². The second-order valence-corrected chi connectivity index (χ2v) is 9.87. The van der Waals surface area contributed by atoms with Gasteiger partial charge in [-0.2, -0.15) is 13.2 Å². The van der Waals surface area contributed by atoms with Gasteiger partial charge in [0.05, 0.1) is 25.5 Å². The summed E-state index contributed by atoms with van der Waals surface area (Å²) in [6.45, 7) is 2.79. The Labute approximate surface area is 224 Å². The number of carbonyl (C=O) groups excluding carboxylic acids is 1. The van der Waals surface area contributed by atoms with Crippen molar-refractivity contribution in [1.82, 2.24) is 10.2 Å². The number of carboxylic acid groups (broad SMARTS) is 1. The Kier molecular flexibility index (Phi) is 9.31. The van der Waals surface area contributed by atoms with Gasteiger partial charge in [-0.05, 0) is 62.1 Å². The van der Waals surface area contributed by atoms with Crippen LogP contribution in [0, 0.1) is 11.7 Å². The van der Waals surface area contributed by atoms with Crippen LogP contribution in [0.3, 0.4) is 0 Å². The van der Waals surface area contributed by atoms with Crippen LogP contribution in [0.4, 0.5) is 28.0 Å². The molecule has 0 radical (unpaired) electrons. The molecule has 3 atom stereocenters. The van der Waals surface area contributed by atoms with E-state index in [2.05, 4.69) is 28.6 Å². The molecular weight excluding hydrogens is 522 g/mol. The summed E-state index contributed by atoms with van der Waals surface area (Å²) in [6, 6.07) is 7.88. The first-order valence-corrected chi connectivity index (χ1v) is 12.3. The largest absolute Gasteiger partial charge is 0.493 e. The number of aliphatic carboxylic acids is 1. The summed E-state index contributed by atoms with van der Waals surface area (Å²) in [7, 11) is 5.26. The molecule has 2 aliphatic rings. The summed E-state index contributed by atoms with van der Waals surface area (Å²) in [4.78, 5) is 23.8. The molecule has 2 aromatic carbocycles. The van der Waals surface area contributed by atoms with Crippen LogP contribution < -0.4 is 20.1 Å². The molecule has 8 nitrogen and oxygen atoms in total. The number of fused-ring (bicyclic) bond motifs is 1. The molecule has 0 bridgehead atoms. The van der Waals surface area contributed by atoms with E-state index in [1.165, 1.54) is 0 Å². The van der Waals surface area contributed by atoms with Gasteiger partial charge >= 0.3 is 12.2 Å². The Balaban J connectivity index is 0.000000983. The fourth-order valence-electron chi connectivity index (χ4n) is 5.64. The lowest BCUT2D eigenvalue weighted by atomic mass is 9.63. The maximum absolute atomic E-state index is 14.3. The van der Waals surface area contributed by atoms with E-state index in [1.54, 1.807) is 14.2 Å². The normalized spacial score (nSPS) is 22.7. The molecule has 12 heteroatoms. The zero-order chi connectivity index (χ0) is 29.0. The number of anilines is 1. The van der Waals surface area contributed by atoms with Crippen molar-refractivity contribution in [3.8, 4) is 11.5 Å². The Bertz CT molecular complexity index is 1190. The fraction of sp³-hybridized carbons (Fsp3) is 0.481. The van der Waals surface area contributed by atoms with Crippen molar-refractivity contribution < 1.29 is 41.7 Å². The van der Waals surface area contributed by atoms with Crippen molar-refractivity contribution >= 4 is 17.7 Å². The average Bonchev–Trinajstić information content (AvgIpc) is 3.20. The summed E-state index contributed by atoms with van der Waals surface area (Å²) >= 11 is 0. The first kappa shape index (κ1) is 30.0. The lowest BCUT2D eigenvalue weighted by Gasteiger charge is -2.42. The van der Waals surface area contributed by atoms with E-state index in [0.717, 1.165) is 44.1 Å². The number of hydrogen-bond acceptors (Lipinski definition) is 5. The third-order valence-corrected chi connectivity index (χ3v) is 7.22. The van der Waals surface area contributed by atoms with Crippen molar-refractivity contribution in [2.24, 2.45) is 5.92 Å². The van der Waals surface area contributed by atoms with Gasteiger partial charge < -0.3 is 30.1 Å². The van der Waals surface area contributed by atoms with Crippen molar-refractivity contribution in [1.29, 1.82) is 0 Å². The number of carboxylic acids is 1. The van der Waals surface area contributed by atoms with Crippen LogP contribution in [-0.4, -0.2) is 62.4 Å². The predicted molar refractivity (Wildman–Crippen MR) is 137 cm³/mol. The van der Waals surface area contributed by atoms with Crippen LogP contribution in [0.5, 0.6) is 11.5 Å².